The largest absolute Gasteiger partial charge is 0.497 e. The number of amides is 1. The Morgan fingerprint density at radius 2 is 1.84 bits per heavy atom. The molecule has 5 rings (SSSR count). The van der Waals surface area contributed by atoms with E-state index in [1.165, 1.54) is 5.56 Å². The Labute approximate surface area is 188 Å². The van der Waals surface area contributed by atoms with Gasteiger partial charge in [0, 0.05) is 13.1 Å². The molecule has 6 heteroatoms. The van der Waals surface area contributed by atoms with E-state index in [1.54, 1.807) is 13.4 Å². The smallest absolute Gasteiger partial charge is 0.274 e. The van der Waals surface area contributed by atoms with E-state index in [0.717, 1.165) is 49.4 Å². The molecule has 1 fully saturated rings. The van der Waals surface area contributed by atoms with Crippen LogP contribution in [0.25, 0.3) is 0 Å². The van der Waals surface area contributed by atoms with Crippen LogP contribution in [-0.2, 0) is 24.3 Å². The summed E-state index contributed by atoms with van der Waals surface area (Å²) in [6.07, 6.45) is 4.88. The highest BCUT2D eigenvalue weighted by atomic mass is 16.5. The molecule has 0 N–H and O–H groups in total. The van der Waals surface area contributed by atoms with Crippen molar-refractivity contribution in [2.45, 2.75) is 38.5 Å². The third-order valence-corrected chi connectivity index (χ3v) is 6.69. The number of imidazole rings is 1. The zero-order chi connectivity index (χ0) is 21.9. The zero-order valence-corrected chi connectivity index (χ0v) is 18.4. The lowest BCUT2D eigenvalue weighted by molar-refractivity contribution is 0.00225. The van der Waals surface area contributed by atoms with Crippen LogP contribution in [-0.4, -0.2) is 40.6 Å². The van der Waals surface area contributed by atoms with Crippen LogP contribution in [0.3, 0.4) is 0 Å². The van der Waals surface area contributed by atoms with Crippen LogP contribution >= 0.6 is 0 Å². The van der Waals surface area contributed by atoms with Crippen LogP contribution < -0.4 is 4.74 Å². The Hall–Kier alpha value is -3.12. The van der Waals surface area contributed by atoms with Crippen LogP contribution in [0, 0.1) is 5.92 Å². The standard InChI is InChI=1S/C26H29N3O3/c1-31-22-9-7-21(8-10-22)24-16-29-18-27-25(23(29)17-32-24)26(30)28-13-11-20(12-14-28)15-19-5-3-2-4-6-19/h2-10,18,20,24H,11-17H2,1H3/t24-/m0/s1. The molecule has 1 saturated heterocycles. The maximum atomic E-state index is 13.2. The zero-order valence-electron chi connectivity index (χ0n) is 18.4. The molecule has 2 aliphatic rings. The molecule has 2 aliphatic heterocycles. The average Bonchev–Trinajstić information content (AvgIpc) is 3.28. The first kappa shape index (κ1) is 20.8. The number of aromatic nitrogens is 2. The lowest BCUT2D eigenvalue weighted by atomic mass is 9.90. The number of methoxy groups -OCH3 is 1. The van der Waals surface area contributed by atoms with Gasteiger partial charge in [0.05, 0.1) is 32.3 Å². The van der Waals surface area contributed by atoms with Crippen LogP contribution in [0.2, 0.25) is 0 Å². The van der Waals surface area contributed by atoms with Crippen LogP contribution in [0.4, 0.5) is 0 Å². The van der Waals surface area contributed by atoms with Crippen molar-refractivity contribution in [2.75, 3.05) is 20.2 Å². The summed E-state index contributed by atoms with van der Waals surface area (Å²) in [5.74, 6) is 1.49. The molecular formula is C26H29N3O3. The number of carbonyl (C=O) groups excluding carboxylic acids is 1. The second-order valence-corrected chi connectivity index (χ2v) is 8.69. The first-order chi connectivity index (χ1) is 15.7. The number of fused-ring (bicyclic) bond motifs is 1. The molecule has 6 nitrogen and oxygen atoms in total. The first-order valence-electron chi connectivity index (χ1n) is 11.3. The molecule has 2 aromatic carbocycles. The fourth-order valence-corrected chi connectivity index (χ4v) is 4.76. The van der Waals surface area contributed by atoms with Crippen molar-refractivity contribution in [1.29, 1.82) is 0 Å². The van der Waals surface area contributed by atoms with Gasteiger partial charge in [-0.1, -0.05) is 42.5 Å². The van der Waals surface area contributed by atoms with E-state index in [-0.39, 0.29) is 12.0 Å². The van der Waals surface area contributed by atoms with E-state index in [2.05, 4.69) is 39.9 Å². The van der Waals surface area contributed by atoms with E-state index >= 15 is 0 Å². The molecule has 0 spiro atoms. The molecule has 1 aromatic heterocycles. The molecule has 32 heavy (non-hydrogen) atoms. The molecular weight excluding hydrogens is 402 g/mol. The highest BCUT2D eigenvalue weighted by Gasteiger charge is 2.30. The molecule has 166 valence electrons. The van der Waals surface area contributed by atoms with E-state index in [9.17, 15) is 4.79 Å². The van der Waals surface area contributed by atoms with Gasteiger partial charge in [0.1, 0.15) is 11.9 Å². The number of rotatable bonds is 5. The monoisotopic (exact) mass is 431 g/mol. The van der Waals surface area contributed by atoms with Crippen LogP contribution in [0.1, 0.15) is 46.3 Å². The number of hydrogen-bond acceptors (Lipinski definition) is 4. The maximum Gasteiger partial charge on any atom is 0.274 e. The Kier molecular flexibility index (Phi) is 5.95. The summed E-state index contributed by atoms with van der Waals surface area (Å²) in [7, 11) is 1.66. The van der Waals surface area contributed by atoms with E-state index in [0.29, 0.717) is 24.8 Å². The quantitative estimate of drug-likeness (QED) is 0.606. The van der Waals surface area contributed by atoms with Gasteiger partial charge in [0.2, 0.25) is 0 Å². The van der Waals surface area contributed by atoms with E-state index in [1.807, 2.05) is 29.2 Å². The number of likely N-dealkylation sites (tertiary alicyclic amines) is 1. The lowest BCUT2D eigenvalue weighted by Crippen LogP contribution is -2.39. The second-order valence-electron chi connectivity index (χ2n) is 8.69. The third kappa shape index (κ3) is 4.28. The van der Waals surface area contributed by atoms with E-state index < -0.39 is 0 Å². The van der Waals surface area contributed by atoms with Gasteiger partial charge in [-0.2, -0.15) is 0 Å². The predicted octanol–water partition coefficient (Wildman–Crippen LogP) is 4.26. The predicted molar refractivity (Wildman–Crippen MR) is 122 cm³/mol. The minimum atomic E-state index is -0.0562. The second kappa shape index (κ2) is 9.17. The summed E-state index contributed by atoms with van der Waals surface area (Å²) >= 11 is 0. The molecule has 0 radical (unpaired) electrons. The van der Waals surface area contributed by atoms with Crippen molar-refractivity contribution in [3.8, 4) is 5.75 Å². The third-order valence-electron chi connectivity index (χ3n) is 6.69. The van der Waals surface area contributed by atoms with Gasteiger partial charge in [-0.15, -0.1) is 0 Å². The van der Waals surface area contributed by atoms with Crippen molar-refractivity contribution in [3.63, 3.8) is 0 Å². The molecule has 3 heterocycles. The molecule has 0 unspecified atom stereocenters. The Balaban J connectivity index is 1.21. The van der Waals surface area contributed by atoms with Crippen molar-refractivity contribution in [3.05, 3.63) is 83.4 Å². The molecule has 1 atom stereocenters. The van der Waals surface area contributed by atoms with Crippen LogP contribution in [0.15, 0.2) is 60.9 Å². The Morgan fingerprint density at radius 1 is 1.09 bits per heavy atom. The summed E-state index contributed by atoms with van der Waals surface area (Å²) < 4.78 is 13.4. The molecule has 0 bridgehead atoms. The SMILES string of the molecule is COc1ccc([C@@H]2Cn3cnc(C(=O)N4CCC(Cc5ccccc5)CC4)c3CO2)cc1. The minimum Gasteiger partial charge on any atom is -0.497 e. The Bertz CT molecular complexity index is 1050. The summed E-state index contributed by atoms with van der Waals surface area (Å²) in [5, 5.41) is 0. The maximum absolute atomic E-state index is 13.2. The van der Waals surface area contributed by atoms with Crippen molar-refractivity contribution >= 4 is 5.91 Å². The van der Waals surface area contributed by atoms with E-state index in [4.69, 9.17) is 9.47 Å². The topological polar surface area (TPSA) is 56.6 Å². The summed E-state index contributed by atoms with van der Waals surface area (Å²) in [6.45, 7) is 2.62. The number of nitrogens with zero attached hydrogens (tertiary/aromatic N) is 3. The Morgan fingerprint density at radius 3 is 2.56 bits per heavy atom. The van der Waals surface area contributed by atoms with Gasteiger partial charge in [-0.05, 0) is 48.4 Å². The highest BCUT2D eigenvalue weighted by Crippen LogP contribution is 2.30. The molecule has 0 saturated carbocycles. The van der Waals surface area contributed by atoms with Gasteiger partial charge < -0.3 is 18.9 Å². The number of hydrogen-bond donors (Lipinski definition) is 0. The fraction of sp³-hybridized carbons (Fsp3) is 0.385. The first-order valence-corrected chi connectivity index (χ1v) is 11.3. The number of ether oxygens (including phenoxy) is 2. The van der Waals surface area contributed by atoms with Crippen molar-refractivity contribution in [2.24, 2.45) is 5.92 Å². The average molecular weight is 432 g/mol. The number of benzene rings is 2. The van der Waals surface area contributed by atoms with Crippen molar-refractivity contribution < 1.29 is 14.3 Å². The number of piperidine rings is 1. The summed E-state index contributed by atoms with van der Waals surface area (Å²) in [4.78, 5) is 19.6. The van der Waals surface area contributed by atoms with Crippen LogP contribution in [0.5, 0.6) is 5.75 Å². The molecule has 1 amide bonds. The molecule has 3 aromatic rings. The van der Waals surface area contributed by atoms with Crippen molar-refractivity contribution in [1.82, 2.24) is 14.5 Å². The lowest BCUT2D eigenvalue weighted by Gasteiger charge is -2.32. The highest BCUT2D eigenvalue weighted by molar-refractivity contribution is 5.93. The van der Waals surface area contributed by atoms with Gasteiger partial charge >= 0.3 is 0 Å². The van der Waals surface area contributed by atoms with Gasteiger partial charge in [0.25, 0.3) is 5.91 Å². The van der Waals surface area contributed by atoms with Gasteiger partial charge in [-0.25, -0.2) is 4.98 Å². The summed E-state index contributed by atoms with van der Waals surface area (Å²) in [6, 6.07) is 18.6. The summed E-state index contributed by atoms with van der Waals surface area (Å²) in [5.41, 5.74) is 3.90. The van der Waals surface area contributed by atoms with Gasteiger partial charge in [-0.3, -0.25) is 4.79 Å². The minimum absolute atomic E-state index is 0.0309. The number of carbonyl (C=O) groups is 1. The molecule has 0 aliphatic carbocycles. The normalized spacial score (nSPS) is 18.9. The van der Waals surface area contributed by atoms with Gasteiger partial charge in [0.15, 0.2) is 5.69 Å². The fourth-order valence-electron chi connectivity index (χ4n) is 4.76.